The molecule has 2 aromatic carbocycles. The first-order valence-corrected chi connectivity index (χ1v) is 8.18. The van der Waals surface area contributed by atoms with Crippen LogP contribution in [0.2, 0.25) is 5.02 Å². The minimum Gasteiger partial charge on any atom is -0.255 e. The Morgan fingerprint density at radius 2 is 1.74 bits per heavy atom. The zero-order valence-corrected chi connectivity index (χ0v) is 13.2. The number of benzene rings is 2. The molecule has 2 aromatic rings. The zero-order valence-electron chi connectivity index (χ0n) is 11.6. The maximum Gasteiger partial charge on any atom is 0.417 e. The van der Waals surface area contributed by atoms with Gasteiger partial charge >= 0.3 is 6.18 Å². The number of alkyl halides is 3. The summed E-state index contributed by atoms with van der Waals surface area (Å²) in [4.78, 5) is 0. The van der Waals surface area contributed by atoms with Crippen LogP contribution < -0.4 is 0 Å². The van der Waals surface area contributed by atoms with Crippen LogP contribution >= 0.6 is 11.6 Å². The van der Waals surface area contributed by atoms with Crippen LogP contribution in [0.15, 0.2) is 47.9 Å². The Bertz CT molecular complexity index is 739. The quantitative estimate of drug-likeness (QED) is 0.664. The molecule has 1 atom stereocenters. The lowest BCUT2D eigenvalue weighted by Gasteiger charge is -2.10. The second-order valence-electron chi connectivity index (χ2n) is 4.68. The molecule has 0 N–H and O–H groups in total. The third kappa shape index (κ3) is 5.18. The topological polar surface area (TPSA) is 17.1 Å². The van der Waals surface area contributed by atoms with Gasteiger partial charge in [-0.2, -0.15) is 13.2 Å². The molecule has 0 aliphatic rings. The van der Waals surface area contributed by atoms with Gasteiger partial charge in [0, 0.05) is 10.4 Å². The van der Waals surface area contributed by atoms with Gasteiger partial charge in [0.2, 0.25) is 0 Å². The van der Waals surface area contributed by atoms with E-state index in [-0.39, 0.29) is 11.3 Å². The molecule has 7 heteroatoms. The van der Waals surface area contributed by atoms with E-state index in [9.17, 15) is 21.8 Å². The van der Waals surface area contributed by atoms with Gasteiger partial charge in [0.25, 0.3) is 0 Å². The van der Waals surface area contributed by atoms with Crippen LogP contribution in [0.4, 0.5) is 17.6 Å². The second kappa shape index (κ2) is 7.27. The number of hydrogen-bond donors (Lipinski definition) is 0. The zero-order chi connectivity index (χ0) is 17.0. The van der Waals surface area contributed by atoms with Gasteiger partial charge in [-0.15, -0.1) is 0 Å². The first-order chi connectivity index (χ1) is 10.8. The smallest absolute Gasteiger partial charge is 0.255 e. The van der Waals surface area contributed by atoms with Crippen molar-refractivity contribution in [1.29, 1.82) is 0 Å². The third-order valence-corrected chi connectivity index (χ3v) is 4.25. The van der Waals surface area contributed by atoms with Crippen LogP contribution in [-0.4, -0.2) is 4.21 Å². The second-order valence-corrected chi connectivity index (χ2v) is 6.44. The highest BCUT2D eigenvalue weighted by molar-refractivity contribution is 7.87. The minimum atomic E-state index is -4.68. The molecular weight excluding hydrogens is 352 g/mol. The summed E-state index contributed by atoms with van der Waals surface area (Å²) in [5.41, 5.74) is -0.590. The predicted molar refractivity (Wildman–Crippen MR) is 83.7 cm³/mol. The van der Waals surface area contributed by atoms with Crippen LogP contribution in [-0.2, 0) is 22.7 Å². The van der Waals surface area contributed by atoms with Crippen LogP contribution in [0, 0.1) is 5.82 Å². The molecule has 0 heterocycles. The van der Waals surface area contributed by atoms with E-state index < -0.39 is 28.4 Å². The first-order valence-electron chi connectivity index (χ1n) is 6.42. The summed E-state index contributed by atoms with van der Waals surface area (Å²) in [6.45, 7) is 0. The molecule has 0 saturated carbocycles. The molecular formula is C16H11ClF4OS. The average molecular weight is 363 g/mol. The summed E-state index contributed by atoms with van der Waals surface area (Å²) < 4.78 is 63.5. The van der Waals surface area contributed by atoms with Crippen molar-refractivity contribution in [2.45, 2.75) is 11.9 Å². The molecule has 23 heavy (non-hydrogen) atoms. The fourth-order valence-corrected chi connectivity index (χ4v) is 2.90. The fourth-order valence-electron chi connectivity index (χ4n) is 1.86. The first kappa shape index (κ1) is 17.7. The van der Waals surface area contributed by atoms with Crippen LogP contribution in [0.3, 0.4) is 0 Å². The van der Waals surface area contributed by atoms with E-state index in [1.54, 1.807) is 24.3 Å². The molecule has 0 radical (unpaired) electrons. The minimum absolute atomic E-state index is 0.149. The molecule has 0 bridgehead atoms. The standard InChI is InChI=1S/C16H11ClF4OS/c17-13-4-1-11(2-5-13)10-23(22)8-7-12-3-6-14(18)9-15(12)16(19,20)21/h1-9H,10H2. The maximum absolute atomic E-state index is 13.0. The van der Waals surface area contributed by atoms with Crippen molar-refractivity contribution >= 4 is 28.5 Å². The highest BCUT2D eigenvalue weighted by Crippen LogP contribution is 2.33. The average Bonchev–Trinajstić information content (AvgIpc) is 2.47. The monoisotopic (exact) mass is 362 g/mol. The van der Waals surface area contributed by atoms with E-state index in [1.165, 1.54) is 0 Å². The van der Waals surface area contributed by atoms with E-state index in [0.29, 0.717) is 11.1 Å². The lowest BCUT2D eigenvalue weighted by molar-refractivity contribution is -0.137. The fraction of sp³-hybridized carbons (Fsp3) is 0.125. The summed E-state index contributed by atoms with van der Waals surface area (Å²) in [5, 5.41) is 1.70. The van der Waals surface area contributed by atoms with Gasteiger partial charge in [-0.25, -0.2) is 4.39 Å². The molecule has 0 saturated heterocycles. The summed E-state index contributed by atoms with van der Waals surface area (Å²) >= 11 is 5.74. The van der Waals surface area contributed by atoms with E-state index in [2.05, 4.69) is 0 Å². The Kier molecular flexibility index (Phi) is 5.59. The predicted octanol–water partition coefficient (Wildman–Crippen LogP) is 5.42. The highest BCUT2D eigenvalue weighted by Gasteiger charge is 2.33. The Labute approximate surface area is 138 Å². The Hall–Kier alpha value is -1.66. The Morgan fingerprint density at radius 3 is 2.35 bits per heavy atom. The van der Waals surface area contributed by atoms with E-state index in [0.717, 1.165) is 29.2 Å². The van der Waals surface area contributed by atoms with E-state index in [4.69, 9.17) is 11.6 Å². The lowest BCUT2D eigenvalue weighted by atomic mass is 10.1. The van der Waals surface area contributed by atoms with E-state index in [1.807, 2.05) is 0 Å². The SMILES string of the molecule is O=S(C=Cc1ccc(F)cc1C(F)(F)F)Cc1ccc(Cl)cc1. The van der Waals surface area contributed by atoms with Crippen molar-refractivity contribution in [3.05, 3.63) is 75.4 Å². The van der Waals surface area contributed by atoms with Crippen LogP contribution in [0.25, 0.3) is 6.08 Å². The summed E-state index contributed by atoms with van der Waals surface area (Å²) in [6, 6.07) is 9.01. The van der Waals surface area contributed by atoms with Gasteiger partial charge in [-0.3, -0.25) is 4.21 Å². The molecule has 0 aliphatic heterocycles. The van der Waals surface area contributed by atoms with Crippen LogP contribution in [0.1, 0.15) is 16.7 Å². The molecule has 0 fully saturated rings. The summed E-state index contributed by atoms with van der Waals surface area (Å²) in [7, 11) is -1.50. The van der Waals surface area contributed by atoms with Crippen molar-refractivity contribution < 1.29 is 21.8 Å². The third-order valence-electron chi connectivity index (χ3n) is 2.94. The van der Waals surface area contributed by atoms with Crippen molar-refractivity contribution in [2.24, 2.45) is 0 Å². The van der Waals surface area contributed by atoms with Crippen LogP contribution in [0.5, 0.6) is 0 Å². The molecule has 0 amide bonds. The van der Waals surface area contributed by atoms with E-state index >= 15 is 0 Å². The largest absolute Gasteiger partial charge is 0.417 e. The molecule has 0 spiro atoms. The Morgan fingerprint density at radius 1 is 1.09 bits per heavy atom. The van der Waals surface area contributed by atoms with Gasteiger partial charge in [0.15, 0.2) is 0 Å². The number of rotatable bonds is 4. The van der Waals surface area contributed by atoms with Gasteiger partial charge in [-0.1, -0.05) is 29.8 Å². The molecule has 0 aromatic heterocycles. The summed E-state index contributed by atoms with van der Waals surface area (Å²) in [5.74, 6) is -0.826. The van der Waals surface area contributed by atoms with Crippen molar-refractivity contribution in [1.82, 2.24) is 0 Å². The van der Waals surface area contributed by atoms with Gasteiger partial charge in [-0.05, 0) is 41.5 Å². The highest BCUT2D eigenvalue weighted by atomic mass is 35.5. The Balaban J connectivity index is 2.16. The van der Waals surface area contributed by atoms with Crippen molar-refractivity contribution in [2.75, 3.05) is 0 Å². The molecule has 0 aliphatic carbocycles. The molecule has 1 unspecified atom stereocenters. The van der Waals surface area contributed by atoms with Crippen molar-refractivity contribution in [3.8, 4) is 0 Å². The lowest BCUT2D eigenvalue weighted by Crippen LogP contribution is -2.08. The maximum atomic E-state index is 13.0. The normalized spacial score (nSPS) is 13.4. The molecule has 2 rings (SSSR count). The number of hydrogen-bond acceptors (Lipinski definition) is 1. The van der Waals surface area contributed by atoms with Gasteiger partial charge in [0.1, 0.15) is 5.82 Å². The number of halogens is 5. The van der Waals surface area contributed by atoms with Crippen molar-refractivity contribution in [3.63, 3.8) is 0 Å². The van der Waals surface area contributed by atoms with Gasteiger partial charge in [0.05, 0.1) is 22.1 Å². The molecule has 122 valence electrons. The van der Waals surface area contributed by atoms with Gasteiger partial charge < -0.3 is 0 Å². The summed E-state index contributed by atoms with van der Waals surface area (Å²) in [6.07, 6.45) is -3.59. The molecule has 1 nitrogen and oxygen atoms in total.